The van der Waals surface area contributed by atoms with Crippen molar-refractivity contribution >= 4 is 16.9 Å². The number of rotatable bonds is 3. The van der Waals surface area contributed by atoms with Crippen molar-refractivity contribution in [1.82, 2.24) is 19.5 Å². The van der Waals surface area contributed by atoms with Gasteiger partial charge in [0.15, 0.2) is 0 Å². The average molecular weight is 387 g/mol. The summed E-state index contributed by atoms with van der Waals surface area (Å²) in [6, 6.07) is 11.3. The molecule has 146 valence electrons. The standard InChI is InChI=1S/C22H21N5O2/c1-22(2)12-26(10-15-11-29-19-6-4-3-5-16(15)19)21-25-18(9-20(28)27(21)13-22)17-7-8-23-14-24-17/h3-9,11,14H,10,12-13H2,1-2H3. The molecule has 1 aromatic carbocycles. The van der Waals surface area contributed by atoms with E-state index in [4.69, 9.17) is 9.40 Å². The van der Waals surface area contributed by atoms with Crippen molar-refractivity contribution in [2.24, 2.45) is 5.41 Å². The van der Waals surface area contributed by atoms with Crippen molar-refractivity contribution in [1.29, 1.82) is 0 Å². The predicted molar refractivity (Wildman–Crippen MR) is 111 cm³/mol. The van der Waals surface area contributed by atoms with E-state index in [-0.39, 0.29) is 11.0 Å². The summed E-state index contributed by atoms with van der Waals surface area (Å²) in [5.74, 6) is 0.663. The Morgan fingerprint density at radius 2 is 2.00 bits per heavy atom. The third-order valence-electron chi connectivity index (χ3n) is 5.24. The van der Waals surface area contributed by atoms with Gasteiger partial charge in [-0.2, -0.15) is 0 Å². The number of hydrogen-bond acceptors (Lipinski definition) is 6. The largest absolute Gasteiger partial charge is 0.464 e. The topological polar surface area (TPSA) is 77.1 Å². The molecule has 3 aromatic heterocycles. The maximum Gasteiger partial charge on any atom is 0.255 e. The fourth-order valence-corrected chi connectivity index (χ4v) is 4.01. The van der Waals surface area contributed by atoms with Crippen LogP contribution < -0.4 is 10.5 Å². The van der Waals surface area contributed by atoms with Crippen LogP contribution in [0, 0.1) is 5.41 Å². The highest BCUT2D eigenvalue weighted by Gasteiger charge is 2.33. The summed E-state index contributed by atoms with van der Waals surface area (Å²) >= 11 is 0. The molecule has 5 rings (SSSR count). The normalized spacial score (nSPS) is 15.4. The Bertz CT molecular complexity index is 1240. The van der Waals surface area contributed by atoms with Crippen LogP contribution in [0.3, 0.4) is 0 Å². The van der Waals surface area contributed by atoms with Gasteiger partial charge in [-0.1, -0.05) is 32.0 Å². The van der Waals surface area contributed by atoms with Gasteiger partial charge in [-0.3, -0.25) is 9.36 Å². The zero-order chi connectivity index (χ0) is 20.0. The monoisotopic (exact) mass is 387 g/mol. The van der Waals surface area contributed by atoms with E-state index in [9.17, 15) is 4.79 Å². The molecule has 0 atom stereocenters. The average Bonchev–Trinajstić information content (AvgIpc) is 3.12. The lowest BCUT2D eigenvalue weighted by Crippen LogP contribution is -2.47. The summed E-state index contributed by atoms with van der Waals surface area (Å²) in [6.45, 7) is 6.36. The molecule has 29 heavy (non-hydrogen) atoms. The molecule has 7 nitrogen and oxygen atoms in total. The van der Waals surface area contributed by atoms with E-state index in [1.54, 1.807) is 29.2 Å². The van der Waals surface area contributed by atoms with Crippen LogP contribution in [0.5, 0.6) is 0 Å². The Kier molecular flexibility index (Phi) is 3.97. The minimum Gasteiger partial charge on any atom is -0.464 e. The first kappa shape index (κ1) is 17.6. The minimum atomic E-state index is -0.0709. The molecule has 7 heteroatoms. The third kappa shape index (κ3) is 3.18. The first-order chi connectivity index (χ1) is 14.0. The van der Waals surface area contributed by atoms with E-state index >= 15 is 0 Å². The molecule has 0 fully saturated rings. The van der Waals surface area contributed by atoms with Crippen molar-refractivity contribution in [3.05, 3.63) is 71.1 Å². The van der Waals surface area contributed by atoms with Crippen LogP contribution in [0.25, 0.3) is 22.4 Å². The number of anilines is 1. The summed E-state index contributed by atoms with van der Waals surface area (Å²) in [6.07, 6.45) is 4.91. The number of aromatic nitrogens is 4. The highest BCUT2D eigenvalue weighted by atomic mass is 16.3. The number of nitrogens with zero attached hydrogens (tertiary/aromatic N) is 5. The van der Waals surface area contributed by atoms with E-state index in [0.717, 1.165) is 23.1 Å². The van der Waals surface area contributed by atoms with Gasteiger partial charge in [0.25, 0.3) is 5.56 Å². The van der Waals surface area contributed by atoms with Gasteiger partial charge < -0.3 is 9.32 Å². The molecule has 0 bridgehead atoms. The smallest absolute Gasteiger partial charge is 0.255 e. The molecule has 1 aliphatic heterocycles. The molecule has 0 aliphatic carbocycles. The second-order valence-corrected chi connectivity index (χ2v) is 8.24. The van der Waals surface area contributed by atoms with Gasteiger partial charge in [0.2, 0.25) is 5.95 Å². The Morgan fingerprint density at radius 3 is 2.83 bits per heavy atom. The maximum absolute atomic E-state index is 12.9. The van der Waals surface area contributed by atoms with Crippen LogP contribution in [-0.4, -0.2) is 26.1 Å². The zero-order valence-corrected chi connectivity index (χ0v) is 16.4. The molecule has 0 saturated carbocycles. The molecule has 0 amide bonds. The van der Waals surface area contributed by atoms with E-state index in [2.05, 4.69) is 34.8 Å². The van der Waals surface area contributed by atoms with Gasteiger partial charge in [0, 0.05) is 48.3 Å². The van der Waals surface area contributed by atoms with Crippen LogP contribution >= 0.6 is 0 Å². The number of hydrogen-bond donors (Lipinski definition) is 0. The van der Waals surface area contributed by atoms with E-state index in [1.165, 1.54) is 6.33 Å². The predicted octanol–water partition coefficient (Wildman–Crippen LogP) is 3.49. The van der Waals surface area contributed by atoms with Crippen molar-refractivity contribution in [2.75, 3.05) is 11.4 Å². The molecule has 4 aromatic rings. The molecular formula is C22H21N5O2. The third-order valence-corrected chi connectivity index (χ3v) is 5.24. The maximum atomic E-state index is 12.9. The van der Waals surface area contributed by atoms with Gasteiger partial charge >= 0.3 is 0 Å². The van der Waals surface area contributed by atoms with Gasteiger partial charge in [0.05, 0.1) is 17.7 Å². The highest BCUT2D eigenvalue weighted by molar-refractivity contribution is 5.81. The fraction of sp³-hybridized carbons (Fsp3) is 0.273. The molecule has 0 radical (unpaired) electrons. The molecule has 0 N–H and O–H groups in total. The van der Waals surface area contributed by atoms with Gasteiger partial charge in [-0.15, -0.1) is 0 Å². The zero-order valence-electron chi connectivity index (χ0n) is 16.4. The van der Waals surface area contributed by atoms with E-state index < -0.39 is 0 Å². The summed E-state index contributed by atoms with van der Waals surface area (Å²) in [5, 5.41) is 1.08. The molecular weight excluding hydrogens is 366 g/mol. The lowest BCUT2D eigenvalue weighted by molar-refractivity contribution is 0.273. The first-order valence-corrected chi connectivity index (χ1v) is 9.58. The van der Waals surface area contributed by atoms with E-state index in [1.807, 2.05) is 18.2 Å². The Morgan fingerprint density at radius 1 is 1.14 bits per heavy atom. The van der Waals surface area contributed by atoms with Crippen LogP contribution in [0.15, 0.2) is 64.4 Å². The van der Waals surface area contributed by atoms with Gasteiger partial charge in [-0.05, 0) is 12.1 Å². The summed E-state index contributed by atoms with van der Waals surface area (Å²) in [5.41, 5.74) is 3.00. The van der Waals surface area contributed by atoms with Gasteiger partial charge in [0.1, 0.15) is 11.9 Å². The Labute approximate surface area is 167 Å². The van der Waals surface area contributed by atoms with Crippen molar-refractivity contribution in [3.63, 3.8) is 0 Å². The molecule has 4 heterocycles. The number of benzene rings is 1. The molecule has 0 unspecified atom stereocenters. The van der Waals surface area contributed by atoms with E-state index in [0.29, 0.717) is 30.4 Å². The fourth-order valence-electron chi connectivity index (χ4n) is 4.01. The van der Waals surface area contributed by atoms with Crippen molar-refractivity contribution in [3.8, 4) is 11.4 Å². The Balaban J connectivity index is 1.62. The number of furan rings is 1. The van der Waals surface area contributed by atoms with Crippen LogP contribution in [0.1, 0.15) is 19.4 Å². The lowest BCUT2D eigenvalue weighted by Gasteiger charge is -2.40. The first-order valence-electron chi connectivity index (χ1n) is 9.58. The van der Waals surface area contributed by atoms with Crippen LogP contribution in [-0.2, 0) is 13.1 Å². The molecule has 0 saturated heterocycles. The van der Waals surface area contributed by atoms with Crippen molar-refractivity contribution in [2.45, 2.75) is 26.9 Å². The quantitative estimate of drug-likeness (QED) is 0.536. The second-order valence-electron chi connectivity index (χ2n) is 8.24. The van der Waals surface area contributed by atoms with Crippen LogP contribution in [0.4, 0.5) is 5.95 Å². The Hall–Kier alpha value is -3.48. The van der Waals surface area contributed by atoms with Crippen molar-refractivity contribution < 1.29 is 4.42 Å². The molecule has 1 aliphatic rings. The number of para-hydroxylation sites is 1. The highest BCUT2D eigenvalue weighted by Crippen LogP contribution is 2.32. The lowest BCUT2D eigenvalue weighted by atomic mass is 9.90. The van der Waals surface area contributed by atoms with Crippen LogP contribution in [0.2, 0.25) is 0 Å². The molecule has 0 spiro atoms. The minimum absolute atomic E-state index is 0.0610. The SMILES string of the molecule is CC1(C)CN(Cc2coc3ccccc23)c2nc(-c3ccncn3)cc(=O)n2C1. The second kappa shape index (κ2) is 6.55. The summed E-state index contributed by atoms with van der Waals surface area (Å²) < 4.78 is 7.48. The van der Waals surface area contributed by atoms with Gasteiger partial charge in [-0.25, -0.2) is 15.0 Å². The summed E-state index contributed by atoms with van der Waals surface area (Å²) in [4.78, 5) is 28.1. The number of fused-ring (bicyclic) bond motifs is 2. The summed E-state index contributed by atoms with van der Waals surface area (Å²) in [7, 11) is 0.